The minimum absolute atomic E-state index is 0.108. The van der Waals surface area contributed by atoms with Gasteiger partial charge in [0.2, 0.25) is 5.82 Å². The highest BCUT2D eigenvalue weighted by Gasteiger charge is 2.29. The number of hydrogen-bond acceptors (Lipinski definition) is 6. The molecule has 2 aliphatic rings. The Morgan fingerprint density at radius 1 is 1.33 bits per heavy atom. The molecule has 2 aliphatic heterocycles. The van der Waals surface area contributed by atoms with E-state index in [-0.39, 0.29) is 10.6 Å². The fraction of sp³-hybridized carbons (Fsp3) is 0.643. The Morgan fingerprint density at radius 2 is 2.10 bits per heavy atom. The number of piperazine rings is 1. The molecule has 114 valence electrons. The summed E-state index contributed by atoms with van der Waals surface area (Å²) in [6, 6.07) is 3.88. The molecule has 1 aromatic heterocycles. The van der Waals surface area contributed by atoms with Crippen LogP contribution in [0.4, 0.5) is 11.5 Å². The van der Waals surface area contributed by atoms with Gasteiger partial charge >= 0.3 is 5.69 Å². The largest absolute Gasteiger partial charge is 0.348 e. The average molecular weight is 291 g/mol. The second kappa shape index (κ2) is 5.95. The molecular weight excluding hydrogens is 270 g/mol. The quantitative estimate of drug-likeness (QED) is 0.655. The SMILES string of the molecule is Cc1ccc([N+](=O)[O-])c(N2CCN(C3CCNC3)CC2)n1. The van der Waals surface area contributed by atoms with Crippen molar-refractivity contribution >= 4 is 11.5 Å². The topological polar surface area (TPSA) is 74.5 Å². The third kappa shape index (κ3) is 2.98. The van der Waals surface area contributed by atoms with Crippen molar-refractivity contribution in [1.82, 2.24) is 15.2 Å². The van der Waals surface area contributed by atoms with Crippen LogP contribution in [0.2, 0.25) is 0 Å². The Labute approximate surface area is 124 Å². The van der Waals surface area contributed by atoms with E-state index in [1.165, 1.54) is 6.42 Å². The van der Waals surface area contributed by atoms with Crippen LogP contribution in [0.25, 0.3) is 0 Å². The molecule has 3 heterocycles. The number of rotatable bonds is 3. The van der Waals surface area contributed by atoms with Crippen molar-refractivity contribution in [2.75, 3.05) is 44.2 Å². The van der Waals surface area contributed by atoms with Gasteiger partial charge in [0.25, 0.3) is 0 Å². The maximum atomic E-state index is 11.2. The lowest BCUT2D eigenvalue weighted by molar-refractivity contribution is -0.384. The van der Waals surface area contributed by atoms with Gasteiger partial charge in [0.05, 0.1) is 4.92 Å². The fourth-order valence-corrected chi connectivity index (χ4v) is 3.16. The summed E-state index contributed by atoms with van der Waals surface area (Å²) in [6.07, 6.45) is 1.20. The number of anilines is 1. The van der Waals surface area contributed by atoms with E-state index in [0.29, 0.717) is 11.9 Å². The third-order valence-electron chi connectivity index (χ3n) is 4.35. The van der Waals surface area contributed by atoms with Gasteiger partial charge < -0.3 is 10.2 Å². The molecule has 1 N–H and O–H groups in total. The highest BCUT2D eigenvalue weighted by molar-refractivity contribution is 5.58. The highest BCUT2D eigenvalue weighted by atomic mass is 16.6. The number of aryl methyl sites for hydroxylation is 1. The molecule has 3 rings (SSSR count). The van der Waals surface area contributed by atoms with Crippen LogP contribution in [-0.4, -0.2) is 60.1 Å². The molecular formula is C14H21N5O2. The van der Waals surface area contributed by atoms with Crippen molar-refractivity contribution in [3.05, 3.63) is 27.9 Å². The van der Waals surface area contributed by atoms with Crippen LogP contribution < -0.4 is 10.2 Å². The van der Waals surface area contributed by atoms with Gasteiger partial charge in [0, 0.05) is 50.5 Å². The molecule has 0 aliphatic carbocycles. The van der Waals surface area contributed by atoms with E-state index in [1.807, 2.05) is 11.8 Å². The molecule has 1 aromatic rings. The summed E-state index contributed by atoms with van der Waals surface area (Å²) < 4.78 is 0. The number of pyridine rings is 1. The van der Waals surface area contributed by atoms with Crippen molar-refractivity contribution < 1.29 is 4.92 Å². The average Bonchev–Trinajstić information content (AvgIpc) is 3.01. The zero-order valence-electron chi connectivity index (χ0n) is 12.3. The van der Waals surface area contributed by atoms with E-state index in [1.54, 1.807) is 12.1 Å². The van der Waals surface area contributed by atoms with Gasteiger partial charge in [0.15, 0.2) is 0 Å². The second-order valence-corrected chi connectivity index (χ2v) is 5.72. The van der Waals surface area contributed by atoms with Gasteiger partial charge in [-0.15, -0.1) is 0 Å². The number of nitrogens with one attached hydrogen (secondary N) is 1. The summed E-state index contributed by atoms with van der Waals surface area (Å²) in [5, 5.41) is 14.6. The summed E-state index contributed by atoms with van der Waals surface area (Å²) in [7, 11) is 0. The van der Waals surface area contributed by atoms with E-state index in [0.717, 1.165) is 45.0 Å². The van der Waals surface area contributed by atoms with Crippen molar-refractivity contribution in [3.63, 3.8) is 0 Å². The van der Waals surface area contributed by atoms with E-state index in [9.17, 15) is 10.1 Å². The Kier molecular flexibility index (Phi) is 4.03. The Bertz CT molecular complexity index is 522. The molecule has 7 heteroatoms. The van der Waals surface area contributed by atoms with Crippen LogP contribution in [0.15, 0.2) is 12.1 Å². The van der Waals surface area contributed by atoms with Crippen LogP contribution in [0.3, 0.4) is 0 Å². The lowest BCUT2D eigenvalue weighted by Crippen LogP contribution is -2.51. The zero-order valence-corrected chi connectivity index (χ0v) is 12.3. The third-order valence-corrected chi connectivity index (χ3v) is 4.35. The molecule has 7 nitrogen and oxygen atoms in total. The highest BCUT2D eigenvalue weighted by Crippen LogP contribution is 2.27. The predicted octanol–water partition coefficient (Wildman–Crippen LogP) is 0.782. The van der Waals surface area contributed by atoms with Crippen molar-refractivity contribution in [2.24, 2.45) is 0 Å². The van der Waals surface area contributed by atoms with Gasteiger partial charge in [-0.05, 0) is 26.0 Å². The summed E-state index contributed by atoms with van der Waals surface area (Å²) in [4.78, 5) is 19.8. The molecule has 0 radical (unpaired) electrons. The summed E-state index contributed by atoms with van der Waals surface area (Å²) in [5.74, 6) is 0.518. The van der Waals surface area contributed by atoms with Crippen molar-refractivity contribution in [3.8, 4) is 0 Å². The molecule has 1 atom stereocenters. The van der Waals surface area contributed by atoms with Crippen molar-refractivity contribution in [1.29, 1.82) is 0 Å². The Morgan fingerprint density at radius 3 is 2.71 bits per heavy atom. The first kappa shape index (κ1) is 14.2. The lowest BCUT2D eigenvalue weighted by Gasteiger charge is -2.38. The fourth-order valence-electron chi connectivity index (χ4n) is 3.16. The predicted molar refractivity (Wildman–Crippen MR) is 80.7 cm³/mol. The molecule has 0 bridgehead atoms. The van der Waals surface area contributed by atoms with E-state index in [4.69, 9.17) is 0 Å². The molecule has 21 heavy (non-hydrogen) atoms. The van der Waals surface area contributed by atoms with Crippen LogP contribution in [0.1, 0.15) is 12.1 Å². The van der Waals surface area contributed by atoms with Crippen molar-refractivity contribution in [2.45, 2.75) is 19.4 Å². The molecule has 0 amide bonds. The first-order chi connectivity index (χ1) is 10.1. The summed E-state index contributed by atoms with van der Waals surface area (Å²) in [6.45, 7) is 7.51. The van der Waals surface area contributed by atoms with Gasteiger partial charge in [-0.25, -0.2) is 4.98 Å². The number of nitrogens with zero attached hydrogens (tertiary/aromatic N) is 4. The normalized spacial score (nSPS) is 23.5. The molecule has 0 aromatic carbocycles. The van der Waals surface area contributed by atoms with E-state index >= 15 is 0 Å². The zero-order chi connectivity index (χ0) is 14.8. The molecule has 1 unspecified atom stereocenters. The minimum Gasteiger partial charge on any atom is -0.348 e. The smallest absolute Gasteiger partial charge is 0.311 e. The van der Waals surface area contributed by atoms with Gasteiger partial charge in [-0.1, -0.05) is 0 Å². The van der Waals surface area contributed by atoms with Crippen LogP contribution >= 0.6 is 0 Å². The Balaban J connectivity index is 1.71. The maximum absolute atomic E-state index is 11.2. The summed E-state index contributed by atoms with van der Waals surface area (Å²) in [5.41, 5.74) is 0.926. The first-order valence-electron chi connectivity index (χ1n) is 7.47. The molecule has 0 spiro atoms. The van der Waals surface area contributed by atoms with Gasteiger partial charge in [-0.2, -0.15) is 0 Å². The number of aromatic nitrogens is 1. The van der Waals surface area contributed by atoms with Gasteiger partial charge in [0.1, 0.15) is 0 Å². The molecule has 2 fully saturated rings. The maximum Gasteiger partial charge on any atom is 0.311 e. The number of nitro groups is 1. The first-order valence-corrected chi connectivity index (χ1v) is 7.47. The molecule has 2 saturated heterocycles. The Hall–Kier alpha value is -1.73. The lowest BCUT2D eigenvalue weighted by atomic mass is 10.2. The van der Waals surface area contributed by atoms with Crippen LogP contribution in [0.5, 0.6) is 0 Å². The van der Waals surface area contributed by atoms with E-state index in [2.05, 4.69) is 15.2 Å². The van der Waals surface area contributed by atoms with Gasteiger partial charge in [-0.3, -0.25) is 15.0 Å². The summed E-state index contributed by atoms with van der Waals surface area (Å²) >= 11 is 0. The molecule has 0 saturated carbocycles. The standard InChI is InChI=1S/C14H21N5O2/c1-11-2-3-13(19(20)21)14(16-11)18-8-6-17(7-9-18)12-4-5-15-10-12/h2-3,12,15H,4-10H2,1H3. The minimum atomic E-state index is -0.338. The monoisotopic (exact) mass is 291 g/mol. The second-order valence-electron chi connectivity index (χ2n) is 5.72. The van der Waals surface area contributed by atoms with Crippen LogP contribution in [0, 0.1) is 17.0 Å². The number of hydrogen-bond donors (Lipinski definition) is 1. The van der Waals surface area contributed by atoms with Crippen LogP contribution in [-0.2, 0) is 0 Å². The van der Waals surface area contributed by atoms with E-state index < -0.39 is 0 Å².